The monoisotopic (exact) mass is 287 g/mol. The average molecular weight is 287 g/mol. The number of carbonyl (C=O) groups excluding carboxylic acids is 1. The summed E-state index contributed by atoms with van der Waals surface area (Å²) in [7, 11) is 0. The summed E-state index contributed by atoms with van der Waals surface area (Å²) in [5.41, 5.74) is 0.470. The maximum atomic E-state index is 12.8. The Morgan fingerprint density at radius 2 is 2.10 bits per heavy atom. The molecule has 1 aromatic carbocycles. The molecular weight excluding hydrogens is 272 g/mol. The zero-order chi connectivity index (χ0) is 14.6. The van der Waals surface area contributed by atoms with Gasteiger partial charge in [0.2, 0.25) is 0 Å². The van der Waals surface area contributed by atoms with Crippen LogP contribution in [0.25, 0.3) is 0 Å². The van der Waals surface area contributed by atoms with E-state index in [2.05, 4.69) is 14.8 Å². The van der Waals surface area contributed by atoms with Crippen LogP contribution >= 0.6 is 0 Å². The van der Waals surface area contributed by atoms with Crippen LogP contribution in [-0.2, 0) is 9.53 Å². The van der Waals surface area contributed by atoms with Crippen molar-refractivity contribution in [2.24, 2.45) is 0 Å². The summed E-state index contributed by atoms with van der Waals surface area (Å²) in [5, 5.41) is 2.77. The minimum Gasteiger partial charge on any atom is -0.464 e. The van der Waals surface area contributed by atoms with Crippen molar-refractivity contribution in [3.05, 3.63) is 18.2 Å². The van der Waals surface area contributed by atoms with Gasteiger partial charge in [0.1, 0.15) is 6.54 Å². The third-order valence-electron chi connectivity index (χ3n) is 2.60. The number of fused-ring (bicyclic) bond motifs is 1. The molecule has 1 heterocycles. The number of nitrogens with one attached hydrogen (secondary N) is 1. The molecule has 0 radical (unpaired) electrons. The molecule has 110 valence electrons. The van der Waals surface area contributed by atoms with E-state index in [0.717, 1.165) is 12.8 Å². The van der Waals surface area contributed by atoms with Crippen molar-refractivity contribution < 1.29 is 27.8 Å². The Labute approximate surface area is 114 Å². The molecule has 1 aliphatic heterocycles. The highest BCUT2D eigenvalue weighted by atomic mass is 19.3. The molecule has 0 aliphatic carbocycles. The molecule has 0 amide bonds. The van der Waals surface area contributed by atoms with E-state index in [1.807, 2.05) is 6.92 Å². The van der Waals surface area contributed by atoms with E-state index in [0.29, 0.717) is 12.3 Å². The first kappa shape index (κ1) is 14.4. The summed E-state index contributed by atoms with van der Waals surface area (Å²) < 4.78 is 39.2. The summed E-state index contributed by atoms with van der Waals surface area (Å²) in [6, 6.07) is 4.21. The molecule has 2 rings (SSSR count). The van der Waals surface area contributed by atoms with Gasteiger partial charge in [0.05, 0.1) is 6.61 Å². The molecule has 1 aliphatic rings. The maximum Gasteiger partial charge on any atom is 0.586 e. The molecular formula is C13H15F2NO4. The second-order valence-electron chi connectivity index (χ2n) is 4.26. The summed E-state index contributed by atoms with van der Waals surface area (Å²) in [6.45, 7) is 2.33. The van der Waals surface area contributed by atoms with E-state index < -0.39 is 12.3 Å². The van der Waals surface area contributed by atoms with E-state index in [9.17, 15) is 13.6 Å². The SMILES string of the molecule is CCCCOC(=O)CNc1ccc2c(c1)OC(F)(F)O2. The molecule has 0 atom stereocenters. The van der Waals surface area contributed by atoms with Gasteiger partial charge in [-0.15, -0.1) is 8.78 Å². The van der Waals surface area contributed by atoms with Gasteiger partial charge >= 0.3 is 12.3 Å². The van der Waals surface area contributed by atoms with Gasteiger partial charge in [0.25, 0.3) is 0 Å². The van der Waals surface area contributed by atoms with Crippen LogP contribution in [-0.4, -0.2) is 25.4 Å². The number of ether oxygens (including phenoxy) is 3. The molecule has 0 aromatic heterocycles. The van der Waals surface area contributed by atoms with Crippen molar-refractivity contribution in [3.63, 3.8) is 0 Å². The third-order valence-corrected chi connectivity index (χ3v) is 2.60. The molecule has 7 heteroatoms. The van der Waals surface area contributed by atoms with Crippen LogP contribution < -0.4 is 14.8 Å². The largest absolute Gasteiger partial charge is 0.586 e. The normalized spacial score (nSPS) is 14.9. The molecule has 0 saturated heterocycles. The first-order valence-corrected chi connectivity index (χ1v) is 6.29. The number of hydrogen-bond donors (Lipinski definition) is 1. The predicted molar refractivity (Wildman–Crippen MR) is 67.0 cm³/mol. The lowest BCUT2D eigenvalue weighted by Crippen LogP contribution is -2.25. The zero-order valence-electron chi connectivity index (χ0n) is 10.9. The van der Waals surface area contributed by atoms with Gasteiger partial charge in [-0.3, -0.25) is 4.79 Å². The molecule has 0 bridgehead atoms. The van der Waals surface area contributed by atoms with Gasteiger partial charge in [-0.25, -0.2) is 0 Å². The first-order chi connectivity index (χ1) is 9.50. The number of unbranched alkanes of at least 4 members (excludes halogenated alkanes) is 1. The first-order valence-electron chi connectivity index (χ1n) is 6.29. The van der Waals surface area contributed by atoms with E-state index >= 15 is 0 Å². The van der Waals surface area contributed by atoms with Crippen LogP contribution in [0, 0.1) is 0 Å². The van der Waals surface area contributed by atoms with Crippen molar-refractivity contribution in [1.29, 1.82) is 0 Å². The smallest absolute Gasteiger partial charge is 0.464 e. The second-order valence-corrected chi connectivity index (χ2v) is 4.26. The van der Waals surface area contributed by atoms with Gasteiger partial charge in [0, 0.05) is 11.8 Å². The molecule has 5 nitrogen and oxygen atoms in total. The summed E-state index contributed by atoms with van der Waals surface area (Å²) >= 11 is 0. The number of rotatable bonds is 6. The van der Waals surface area contributed by atoms with E-state index in [1.54, 1.807) is 0 Å². The van der Waals surface area contributed by atoms with Crippen LogP contribution in [0.1, 0.15) is 19.8 Å². The zero-order valence-corrected chi connectivity index (χ0v) is 10.9. The standard InChI is InChI=1S/C13H15F2NO4/c1-2-3-6-18-12(17)8-16-9-4-5-10-11(7-9)20-13(14,15)19-10/h4-5,7,16H,2-3,6,8H2,1H3. The molecule has 1 N–H and O–H groups in total. The molecule has 0 fully saturated rings. The predicted octanol–water partition coefficient (Wildman–Crippen LogP) is 2.76. The van der Waals surface area contributed by atoms with E-state index in [1.165, 1.54) is 18.2 Å². The van der Waals surface area contributed by atoms with Crippen LogP contribution in [0.3, 0.4) is 0 Å². The summed E-state index contributed by atoms with van der Waals surface area (Å²) in [5.74, 6) is -0.508. The Bertz CT molecular complexity index is 493. The van der Waals surface area contributed by atoms with Crippen molar-refractivity contribution >= 4 is 11.7 Å². The number of hydrogen-bond acceptors (Lipinski definition) is 5. The Kier molecular flexibility index (Phi) is 4.26. The summed E-state index contributed by atoms with van der Waals surface area (Å²) in [4.78, 5) is 11.4. The Balaban J connectivity index is 1.85. The second kappa shape index (κ2) is 5.94. The Morgan fingerprint density at radius 3 is 2.85 bits per heavy atom. The fourth-order valence-corrected chi connectivity index (χ4v) is 1.61. The van der Waals surface area contributed by atoms with Crippen LogP contribution in [0.5, 0.6) is 11.5 Å². The molecule has 0 saturated carbocycles. The van der Waals surface area contributed by atoms with E-state index in [4.69, 9.17) is 4.74 Å². The molecule has 1 aromatic rings. The lowest BCUT2D eigenvalue weighted by Gasteiger charge is -2.07. The number of esters is 1. The minimum absolute atomic E-state index is 0.0360. The van der Waals surface area contributed by atoms with Gasteiger partial charge < -0.3 is 19.5 Å². The number of anilines is 1. The number of benzene rings is 1. The van der Waals surface area contributed by atoms with Gasteiger partial charge in [-0.2, -0.15) is 0 Å². The minimum atomic E-state index is -3.64. The fraction of sp³-hybridized carbons (Fsp3) is 0.462. The molecule has 0 unspecified atom stereocenters. The summed E-state index contributed by atoms with van der Waals surface area (Å²) in [6.07, 6.45) is -1.89. The highest BCUT2D eigenvalue weighted by Crippen LogP contribution is 2.42. The lowest BCUT2D eigenvalue weighted by molar-refractivity contribution is -0.286. The van der Waals surface area contributed by atoms with Crippen LogP contribution in [0.2, 0.25) is 0 Å². The fourth-order valence-electron chi connectivity index (χ4n) is 1.61. The highest BCUT2D eigenvalue weighted by molar-refractivity contribution is 5.75. The van der Waals surface area contributed by atoms with E-state index in [-0.39, 0.29) is 18.0 Å². The van der Waals surface area contributed by atoms with Crippen LogP contribution in [0.15, 0.2) is 18.2 Å². The van der Waals surface area contributed by atoms with Gasteiger partial charge in [-0.05, 0) is 18.6 Å². The quantitative estimate of drug-likeness (QED) is 0.644. The lowest BCUT2D eigenvalue weighted by atomic mass is 10.3. The Morgan fingerprint density at radius 1 is 1.35 bits per heavy atom. The highest BCUT2D eigenvalue weighted by Gasteiger charge is 2.43. The Hall–Kier alpha value is -2.05. The van der Waals surface area contributed by atoms with Crippen molar-refractivity contribution in [1.82, 2.24) is 0 Å². The van der Waals surface area contributed by atoms with Gasteiger partial charge in [0.15, 0.2) is 11.5 Å². The van der Waals surface area contributed by atoms with Gasteiger partial charge in [-0.1, -0.05) is 13.3 Å². The third kappa shape index (κ3) is 3.72. The number of carbonyl (C=O) groups is 1. The number of halogens is 2. The van der Waals surface area contributed by atoms with Crippen molar-refractivity contribution in [2.75, 3.05) is 18.5 Å². The average Bonchev–Trinajstić information content (AvgIpc) is 2.69. The topological polar surface area (TPSA) is 56.8 Å². The maximum absolute atomic E-state index is 12.8. The molecule has 20 heavy (non-hydrogen) atoms. The van der Waals surface area contributed by atoms with Crippen molar-refractivity contribution in [2.45, 2.75) is 26.1 Å². The van der Waals surface area contributed by atoms with Crippen molar-refractivity contribution in [3.8, 4) is 11.5 Å². The number of alkyl halides is 2. The molecule has 0 spiro atoms. The van der Waals surface area contributed by atoms with Crippen LogP contribution in [0.4, 0.5) is 14.5 Å².